The lowest BCUT2D eigenvalue weighted by atomic mass is 10.0. The summed E-state index contributed by atoms with van der Waals surface area (Å²) in [4.78, 5) is 7.42. The first-order valence-corrected chi connectivity index (χ1v) is 12.0. The molecule has 2 aromatic heterocycles. The molecule has 0 aliphatic rings. The highest BCUT2D eigenvalue weighted by Crippen LogP contribution is 2.30. The molecule has 2 heterocycles. The van der Waals surface area contributed by atoms with Gasteiger partial charge >= 0.3 is 0 Å². The Labute approximate surface area is 189 Å². The lowest BCUT2D eigenvalue weighted by molar-refractivity contribution is 0.563. The summed E-state index contributed by atoms with van der Waals surface area (Å²) in [5.41, 5.74) is 2.46. The molecule has 32 heavy (non-hydrogen) atoms. The monoisotopic (exact) mass is 475 g/mol. The molecule has 0 aliphatic heterocycles. The number of pyridine rings is 1. The number of benzene rings is 2. The van der Waals surface area contributed by atoms with Crippen molar-refractivity contribution in [3.8, 4) is 11.1 Å². The van der Waals surface area contributed by atoms with Gasteiger partial charge in [0, 0.05) is 40.4 Å². The number of sulfonamides is 1. The zero-order valence-corrected chi connectivity index (χ0v) is 18.7. The lowest BCUT2D eigenvalue weighted by Gasteiger charge is -2.12. The molecule has 0 saturated heterocycles. The molecule has 2 N–H and O–H groups in total. The number of aromatic amines is 1. The van der Waals surface area contributed by atoms with Gasteiger partial charge < -0.3 is 4.98 Å². The summed E-state index contributed by atoms with van der Waals surface area (Å²) in [5, 5.41) is 1.33. The molecule has 0 radical (unpaired) electrons. The third kappa shape index (κ3) is 4.61. The van der Waals surface area contributed by atoms with Crippen LogP contribution in [0.5, 0.6) is 0 Å². The van der Waals surface area contributed by atoms with Crippen molar-refractivity contribution in [3.05, 3.63) is 82.6 Å². The Morgan fingerprint density at radius 3 is 2.56 bits per heavy atom. The molecule has 9 heteroatoms. The van der Waals surface area contributed by atoms with Crippen molar-refractivity contribution in [1.82, 2.24) is 9.97 Å². The number of halogens is 3. The molecule has 2 aromatic carbocycles. The summed E-state index contributed by atoms with van der Waals surface area (Å²) in [5.74, 6) is -1.83. The number of rotatable bonds is 7. The second-order valence-corrected chi connectivity index (χ2v) is 9.70. The molecular formula is C23H20ClF2N3O2S. The number of hydrogen-bond acceptors (Lipinski definition) is 3. The van der Waals surface area contributed by atoms with Crippen LogP contribution in [0.1, 0.15) is 24.5 Å². The minimum atomic E-state index is -3.71. The Balaban J connectivity index is 1.71. The van der Waals surface area contributed by atoms with Gasteiger partial charge in [0.05, 0.1) is 11.4 Å². The zero-order valence-electron chi connectivity index (χ0n) is 17.1. The van der Waals surface area contributed by atoms with E-state index >= 15 is 4.39 Å². The van der Waals surface area contributed by atoms with Gasteiger partial charge in [0.15, 0.2) is 5.82 Å². The maximum Gasteiger partial charge on any atom is 0.232 e. The Kier molecular flexibility index (Phi) is 6.17. The fourth-order valence-electron chi connectivity index (χ4n) is 3.52. The summed E-state index contributed by atoms with van der Waals surface area (Å²) in [6.45, 7) is 1.70. The average Bonchev–Trinajstić information content (AvgIpc) is 3.15. The van der Waals surface area contributed by atoms with Crippen molar-refractivity contribution in [1.29, 1.82) is 0 Å². The van der Waals surface area contributed by atoms with Crippen molar-refractivity contribution in [3.63, 3.8) is 0 Å². The Morgan fingerprint density at radius 1 is 1.09 bits per heavy atom. The van der Waals surface area contributed by atoms with E-state index in [9.17, 15) is 12.8 Å². The largest absolute Gasteiger partial charge is 0.346 e. The fourth-order valence-corrected chi connectivity index (χ4v) is 4.78. The van der Waals surface area contributed by atoms with E-state index in [0.29, 0.717) is 28.0 Å². The molecule has 0 bridgehead atoms. The highest BCUT2D eigenvalue weighted by molar-refractivity contribution is 7.92. The Hall–Kier alpha value is -2.97. The summed E-state index contributed by atoms with van der Waals surface area (Å²) in [7, 11) is -3.71. The number of fused-ring (bicyclic) bond motifs is 1. The topological polar surface area (TPSA) is 74.8 Å². The molecule has 166 valence electrons. The van der Waals surface area contributed by atoms with Gasteiger partial charge in [-0.15, -0.1) is 0 Å². The van der Waals surface area contributed by atoms with Gasteiger partial charge in [0.2, 0.25) is 10.0 Å². The fraction of sp³-hybridized carbons (Fsp3) is 0.174. The minimum Gasteiger partial charge on any atom is -0.346 e. The molecule has 0 saturated carbocycles. The van der Waals surface area contributed by atoms with Gasteiger partial charge in [-0.05, 0) is 47.9 Å². The van der Waals surface area contributed by atoms with Gasteiger partial charge in [-0.1, -0.05) is 30.7 Å². The van der Waals surface area contributed by atoms with E-state index in [1.807, 2.05) is 18.2 Å². The van der Waals surface area contributed by atoms with Gasteiger partial charge in [0.25, 0.3) is 0 Å². The van der Waals surface area contributed by atoms with E-state index in [1.165, 1.54) is 0 Å². The number of anilines is 1. The minimum absolute atomic E-state index is 0.0766. The van der Waals surface area contributed by atoms with Crippen LogP contribution in [0.3, 0.4) is 0 Å². The summed E-state index contributed by atoms with van der Waals surface area (Å²) < 4.78 is 55.9. The lowest BCUT2D eigenvalue weighted by Crippen LogP contribution is -2.17. The molecule has 0 atom stereocenters. The normalized spacial score (nSPS) is 11.8. The second kappa shape index (κ2) is 8.88. The van der Waals surface area contributed by atoms with E-state index in [-0.39, 0.29) is 23.4 Å². The van der Waals surface area contributed by atoms with Gasteiger partial charge in [-0.25, -0.2) is 22.2 Å². The van der Waals surface area contributed by atoms with Crippen LogP contribution in [0.25, 0.3) is 22.2 Å². The summed E-state index contributed by atoms with van der Waals surface area (Å²) in [6, 6.07) is 11.3. The van der Waals surface area contributed by atoms with E-state index in [1.54, 1.807) is 31.5 Å². The zero-order chi connectivity index (χ0) is 22.9. The van der Waals surface area contributed by atoms with Crippen molar-refractivity contribution in [2.24, 2.45) is 0 Å². The molecule has 0 unspecified atom stereocenters. The molecule has 0 spiro atoms. The van der Waals surface area contributed by atoms with Crippen LogP contribution < -0.4 is 4.72 Å². The van der Waals surface area contributed by atoms with Crippen LogP contribution in [-0.4, -0.2) is 24.1 Å². The third-order valence-corrected chi connectivity index (χ3v) is 6.81. The first kappa shape index (κ1) is 22.2. The van der Waals surface area contributed by atoms with E-state index < -0.39 is 21.7 Å². The number of nitrogens with zero attached hydrogens (tertiary/aromatic N) is 1. The SMILES string of the molecule is CCCS(=O)(=O)Nc1ccc(F)c(Cc2c[nH]c3ncc(-c4ccc(Cl)cc4)cc23)c1F. The molecule has 0 amide bonds. The van der Waals surface area contributed by atoms with Crippen LogP contribution in [-0.2, 0) is 16.4 Å². The number of nitrogens with one attached hydrogen (secondary N) is 2. The van der Waals surface area contributed by atoms with E-state index in [2.05, 4.69) is 14.7 Å². The molecule has 0 aliphatic carbocycles. The Bertz CT molecular complexity index is 1390. The Morgan fingerprint density at radius 2 is 1.84 bits per heavy atom. The van der Waals surface area contributed by atoms with Gasteiger partial charge in [-0.3, -0.25) is 4.72 Å². The predicted octanol–water partition coefficient (Wildman–Crippen LogP) is 5.90. The standard InChI is InChI=1S/C23H20ClF2N3O2S/c1-2-9-32(30,31)29-21-8-7-20(25)19(22(21)26)11-16-13-28-23-18(16)10-15(12-27-23)14-3-5-17(24)6-4-14/h3-8,10,12-13,29H,2,9,11H2,1H3,(H,27,28). The number of H-pyrrole nitrogens is 1. The smallest absolute Gasteiger partial charge is 0.232 e. The van der Waals surface area contributed by atoms with Crippen molar-refractivity contribution in [2.45, 2.75) is 19.8 Å². The van der Waals surface area contributed by atoms with Crippen molar-refractivity contribution in [2.75, 3.05) is 10.5 Å². The van der Waals surface area contributed by atoms with E-state index in [4.69, 9.17) is 11.6 Å². The van der Waals surface area contributed by atoms with Crippen LogP contribution in [0.2, 0.25) is 5.02 Å². The average molecular weight is 476 g/mol. The van der Waals surface area contributed by atoms with Gasteiger partial charge in [0.1, 0.15) is 11.5 Å². The molecular weight excluding hydrogens is 456 g/mol. The summed E-state index contributed by atoms with van der Waals surface area (Å²) >= 11 is 5.96. The molecule has 5 nitrogen and oxygen atoms in total. The highest BCUT2D eigenvalue weighted by Gasteiger charge is 2.19. The first-order valence-electron chi connectivity index (χ1n) is 9.96. The maximum absolute atomic E-state index is 15.1. The number of hydrogen-bond donors (Lipinski definition) is 2. The maximum atomic E-state index is 15.1. The van der Waals surface area contributed by atoms with Crippen LogP contribution in [0, 0.1) is 11.6 Å². The van der Waals surface area contributed by atoms with Crippen LogP contribution >= 0.6 is 11.6 Å². The third-order valence-electron chi connectivity index (χ3n) is 5.09. The number of aromatic nitrogens is 2. The van der Waals surface area contributed by atoms with Crippen LogP contribution in [0.4, 0.5) is 14.5 Å². The first-order chi connectivity index (χ1) is 15.3. The van der Waals surface area contributed by atoms with Crippen molar-refractivity contribution >= 4 is 38.3 Å². The molecule has 4 aromatic rings. The summed E-state index contributed by atoms with van der Waals surface area (Å²) in [6.07, 6.45) is 3.66. The molecule has 0 fully saturated rings. The second-order valence-electron chi connectivity index (χ2n) is 7.43. The predicted molar refractivity (Wildman–Crippen MR) is 123 cm³/mol. The van der Waals surface area contributed by atoms with Crippen LogP contribution in [0.15, 0.2) is 54.9 Å². The van der Waals surface area contributed by atoms with Crippen molar-refractivity contribution < 1.29 is 17.2 Å². The van der Waals surface area contributed by atoms with Gasteiger partial charge in [-0.2, -0.15) is 0 Å². The highest BCUT2D eigenvalue weighted by atomic mass is 35.5. The van der Waals surface area contributed by atoms with E-state index in [0.717, 1.165) is 23.3 Å². The quantitative estimate of drug-likeness (QED) is 0.349. The molecule has 4 rings (SSSR count).